The zero-order valence-electron chi connectivity index (χ0n) is 16.4. The van der Waals surface area contributed by atoms with Gasteiger partial charge >= 0.3 is 5.97 Å². The number of hydrogen-bond donors (Lipinski definition) is 2. The number of hydrogen-bond acceptors (Lipinski definition) is 4. The van der Waals surface area contributed by atoms with Crippen LogP contribution in [0.1, 0.15) is 40.0 Å². The minimum Gasteiger partial charge on any atom is -0.496 e. The zero-order valence-corrected chi connectivity index (χ0v) is 16.4. The number of rotatable bonds is 6. The molecule has 1 aliphatic rings. The largest absolute Gasteiger partial charge is 0.496 e. The molecule has 1 heterocycles. The zero-order chi connectivity index (χ0) is 20.2. The normalized spacial score (nSPS) is 13.0. The Bertz CT molecular complexity index is 1050. The van der Waals surface area contributed by atoms with Crippen LogP contribution in [0.4, 0.5) is 0 Å². The fourth-order valence-electron chi connectivity index (χ4n) is 3.84. The van der Waals surface area contributed by atoms with Crippen molar-refractivity contribution in [1.29, 1.82) is 0 Å². The van der Waals surface area contributed by atoms with Crippen molar-refractivity contribution < 1.29 is 19.1 Å². The molecule has 1 aromatic heterocycles. The Labute approximate surface area is 169 Å². The van der Waals surface area contributed by atoms with E-state index in [0.717, 1.165) is 29.3 Å². The van der Waals surface area contributed by atoms with Crippen molar-refractivity contribution in [3.63, 3.8) is 0 Å². The molecule has 1 amide bonds. The number of ether oxygens (including phenoxy) is 2. The third kappa shape index (κ3) is 4.11. The first-order valence-electron chi connectivity index (χ1n) is 9.85. The Morgan fingerprint density at radius 1 is 1.10 bits per heavy atom. The number of nitrogens with one attached hydrogen (secondary N) is 2. The second-order valence-electron chi connectivity index (χ2n) is 7.21. The first-order valence-corrected chi connectivity index (χ1v) is 9.85. The highest BCUT2D eigenvalue weighted by Gasteiger charge is 2.17. The summed E-state index contributed by atoms with van der Waals surface area (Å²) in [4.78, 5) is 28.0. The van der Waals surface area contributed by atoms with Gasteiger partial charge < -0.3 is 19.8 Å². The quantitative estimate of drug-likeness (QED) is 0.629. The number of benzene rings is 2. The molecule has 0 saturated carbocycles. The summed E-state index contributed by atoms with van der Waals surface area (Å²) in [5, 5.41) is 3.82. The lowest BCUT2D eigenvalue weighted by atomic mass is 9.95. The third-order valence-electron chi connectivity index (χ3n) is 5.34. The van der Waals surface area contributed by atoms with Crippen molar-refractivity contribution in [1.82, 2.24) is 10.3 Å². The van der Waals surface area contributed by atoms with E-state index in [2.05, 4.69) is 10.3 Å². The number of esters is 1. The maximum atomic E-state index is 12.4. The van der Waals surface area contributed by atoms with E-state index in [4.69, 9.17) is 9.47 Å². The third-order valence-corrected chi connectivity index (χ3v) is 5.34. The summed E-state index contributed by atoms with van der Waals surface area (Å²) in [6.45, 7) is -0.0148. The van der Waals surface area contributed by atoms with Gasteiger partial charge in [0.1, 0.15) is 5.75 Å². The molecular formula is C23H24N2O4. The van der Waals surface area contributed by atoms with Gasteiger partial charge in [-0.05, 0) is 55.5 Å². The van der Waals surface area contributed by atoms with Crippen LogP contribution in [0.15, 0.2) is 42.5 Å². The summed E-state index contributed by atoms with van der Waals surface area (Å²) in [5.41, 5.74) is 4.94. The SMILES string of the molecule is COc1ccccc1CNC(=O)COC(=O)c1ccc2[nH]c3c(c2c1)CCCC3. The van der Waals surface area contributed by atoms with Gasteiger partial charge in [-0.15, -0.1) is 0 Å². The van der Waals surface area contributed by atoms with Gasteiger partial charge in [-0.3, -0.25) is 4.79 Å². The van der Waals surface area contributed by atoms with Crippen LogP contribution in [0.25, 0.3) is 10.9 Å². The number of carbonyl (C=O) groups is 2. The molecule has 3 aromatic rings. The van der Waals surface area contributed by atoms with Gasteiger partial charge in [-0.25, -0.2) is 4.79 Å². The smallest absolute Gasteiger partial charge is 0.338 e. The molecule has 0 radical (unpaired) electrons. The monoisotopic (exact) mass is 392 g/mol. The first-order chi connectivity index (χ1) is 14.2. The van der Waals surface area contributed by atoms with Crippen molar-refractivity contribution >= 4 is 22.8 Å². The fourth-order valence-corrected chi connectivity index (χ4v) is 3.84. The molecule has 4 rings (SSSR count). The van der Waals surface area contributed by atoms with Gasteiger partial charge in [-0.1, -0.05) is 18.2 Å². The summed E-state index contributed by atoms with van der Waals surface area (Å²) in [6, 6.07) is 13.0. The van der Waals surface area contributed by atoms with Crippen LogP contribution in [-0.2, 0) is 28.9 Å². The maximum absolute atomic E-state index is 12.4. The number of carbonyl (C=O) groups excluding carboxylic acids is 2. The van der Waals surface area contributed by atoms with Gasteiger partial charge in [0.15, 0.2) is 6.61 Å². The maximum Gasteiger partial charge on any atom is 0.338 e. The molecule has 6 nitrogen and oxygen atoms in total. The highest BCUT2D eigenvalue weighted by Crippen LogP contribution is 2.29. The van der Waals surface area contributed by atoms with Crippen molar-refractivity contribution in [2.45, 2.75) is 32.2 Å². The molecule has 0 unspecified atom stereocenters. The van der Waals surface area contributed by atoms with Crippen molar-refractivity contribution in [3.05, 3.63) is 64.8 Å². The van der Waals surface area contributed by atoms with Gasteiger partial charge in [0.05, 0.1) is 12.7 Å². The molecular weight excluding hydrogens is 368 g/mol. The number of para-hydroxylation sites is 1. The molecule has 29 heavy (non-hydrogen) atoms. The summed E-state index contributed by atoms with van der Waals surface area (Å²) in [5.74, 6) is -0.151. The standard InChI is InChI=1S/C23H24N2O4/c1-28-21-9-5-2-6-16(21)13-24-22(26)14-29-23(27)15-10-11-20-18(12-15)17-7-3-4-8-19(17)25-20/h2,5-6,9-12,25H,3-4,7-8,13-14H2,1H3,(H,24,26). The topological polar surface area (TPSA) is 80.4 Å². The highest BCUT2D eigenvalue weighted by molar-refractivity contribution is 5.97. The fraction of sp³-hybridized carbons (Fsp3) is 0.304. The molecule has 0 aliphatic heterocycles. The number of H-pyrrole nitrogens is 1. The number of fused-ring (bicyclic) bond motifs is 3. The molecule has 6 heteroatoms. The first kappa shape index (κ1) is 19.1. The second kappa shape index (κ2) is 8.39. The van der Waals surface area contributed by atoms with Crippen LogP contribution in [0.3, 0.4) is 0 Å². The van der Waals surface area contributed by atoms with E-state index in [1.807, 2.05) is 36.4 Å². The predicted octanol–water partition coefficient (Wildman–Crippen LogP) is 3.53. The van der Waals surface area contributed by atoms with E-state index >= 15 is 0 Å². The van der Waals surface area contributed by atoms with Crippen LogP contribution >= 0.6 is 0 Å². The minimum absolute atomic E-state index is 0.307. The van der Waals surface area contributed by atoms with Crippen LogP contribution < -0.4 is 10.1 Å². The van der Waals surface area contributed by atoms with Crippen molar-refractivity contribution in [3.8, 4) is 5.75 Å². The Hall–Kier alpha value is -3.28. The van der Waals surface area contributed by atoms with E-state index in [1.165, 1.54) is 24.1 Å². The Morgan fingerprint density at radius 2 is 1.93 bits per heavy atom. The lowest BCUT2D eigenvalue weighted by Crippen LogP contribution is -2.28. The van der Waals surface area contributed by atoms with Gasteiger partial charge in [-0.2, -0.15) is 0 Å². The molecule has 2 aromatic carbocycles. The minimum atomic E-state index is -0.495. The lowest BCUT2D eigenvalue weighted by molar-refractivity contribution is -0.124. The van der Waals surface area contributed by atoms with E-state index in [0.29, 0.717) is 17.9 Å². The summed E-state index contributed by atoms with van der Waals surface area (Å²) in [7, 11) is 1.58. The van der Waals surface area contributed by atoms with E-state index < -0.39 is 5.97 Å². The summed E-state index contributed by atoms with van der Waals surface area (Å²) < 4.78 is 10.5. The second-order valence-corrected chi connectivity index (χ2v) is 7.21. The Morgan fingerprint density at radius 3 is 2.79 bits per heavy atom. The molecule has 150 valence electrons. The molecule has 0 saturated heterocycles. The van der Waals surface area contributed by atoms with Gasteiger partial charge in [0.25, 0.3) is 5.91 Å². The summed E-state index contributed by atoms with van der Waals surface area (Å²) >= 11 is 0. The molecule has 2 N–H and O–H groups in total. The number of aromatic amines is 1. The molecule has 0 fully saturated rings. The van der Waals surface area contributed by atoms with E-state index in [9.17, 15) is 9.59 Å². The number of amides is 1. The number of aromatic nitrogens is 1. The van der Waals surface area contributed by atoms with Crippen LogP contribution in [0.2, 0.25) is 0 Å². The van der Waals surface area contributed by atoms with Gasteiger partial charge in [0.2, 0.25) is 0 Å². The molecule has 1 aliphatic carbocycles. The Balaban J connectivity index is 1.36. The van der Waals surface area contributed by atoms with Crippen molar-refractivity contribution in [2.24, 2.45) is 0 Å². The van der Waals surface area contributed by atoms with Gasteiger partial charge in [0, 0.05) is 28.7 Å². The predicted molar refractivity (Wildman–Crippen MR) is 110 cm³/mol. The molecule has 0 spiro atoms. The van der Waals surface area contributed by atoms with Crippen LogP contribution in [0, 0.1) is 0 Å². The average Bonchev–Trinajstić information content (AvgIpc) is 3.14. The molecule has 0 bridgehead atoms. The highest BCUT2D eigenvalue weighted by atomic mass is 16.5. The van der Waals surface area contributed by atoms with Crippen molar-refractivity contribution in [2.75, 3.05) is 13.7 Å². The number of aryl methyl sites for hydroxylation is 2. The number of methoxy groups -OCH3 is 1. The summed E-state index contributed by atoms with van der Waals surface area (Å²) in [6.07, 6.45) is 4.44. The van der Waals surface area contributed by atoms with Crippen LogP contribution in [-0.4, -0.2) is 30.6 Å². The Kier molecular flexibility index (Phi) is 5.51. The molecule has 0 atom stereocenters. The van der Waals surface area contributed by atoms with Crippen LogP contribution in [0.5, 0.6) is 5.75 Å². The average molecular weight is 392 g/mol. The van der Waals surface area contributed by atoms with E-state index in [-0.39, 0.29) is 12.5 Å². The van der Waals surface area contributed by atoms with E-state index in [1.54, 1.807) is 13.2 Å². The lowest BCUT2D eigenvalue weighted by Gasteiger charge is -2.11.